The fraction of sp³-hybridized carbons (Fsp3) is 0.636. The summed E-state index contributed by atoms with van der Waals surface area (Å²) in [7, 11) is 0. The van der Waals surface area contributed by atoms with Gasteiger partial charge in [0.2, 0.25) is 0 Å². The first kappa shape index (κ1) is 10.7. The van der Waals surface area contributed by atoms with E-state index >= 15 is 0 Å². The van der Waals surface area contributed by atoms with Crippen LogP contribution in [0.25, 0.3) is 0 Å². The predicted octanol–water partition coefficient (Wildman–Crippen LogP) is 3.49. The van der Waals surface area contributed by atoms with Crippen LogP contribution in [0.5, 0.6) is 0 Å². The number of nitrogens with two attached hydrogens (primary N) is 1. The van der Waals surface area contributed by atoms with E-state index in [1.165, 1.54) is 16.9 Å². The van der Waals surface area contributed by atoms with Gasteiger partial charge < -0.3 is 5.73 Å². The molecule has 1 aromatic rings. The molecule has 1 nitrogen and oxygen atoms in total. The van der Waals surface area contributed by atoms with Gasteiger partial charge in [-0.05, 0) is 42.7 Å². The van der Waals surface area contributed by atoms with E-state index in [1.807, 2.05) is 0 Å². The van der Waals surface area contributed by atoms with Crippen LogP contribution in [0.3, 0.4) is 0 Å². The van der Waals surface area contributed by atoms with E-state index in [9.17, 15) is 0 Å². The summed E-state index contributed by atoms with van der Waals surface area (Å²) in [6.07, 6.45) is 2.33. The van der Waals surface area contributed by atoms with Gasteiger partial charge in [0.25, 0.3) is 0 Å². The van der Waals surface area contributed by atoms with Crippen molar-refractivity contribution in [1.82, 2.24) is 0 Å². The molecular weight excluding hydrogens is 178 g/mol. The van der Waals surface area contributed by atoms with Gasteiger partial charge >= 0.3 is 0 Å². The van der Waals surface area contributed by atoms with Gasteiger partial charge in [-0.3, -0.25) is 0 Å². The lowest BCUT2D eigenvalue weighted by Crippen LogP contribution is -2.11. The zero-order valence-corrected chi connectivity index (χ0v) is 9.53. The number of rotatable bonds is 4. The molecule has 0 saturated carbocycles. The van der Waals surface area contributed by atoms with Crippen molar-refractivity contribution in [1.29, 1.82) is 0 Å². The maximum atomic E-state index is 6.10. The summed E-state index contributed by atoms with van der Waals surface area (Å²) >= 11 is 1.79. The van der Waals surface area contributed by atoms with Crippen LogP contribution in [-0.2, 0) is 0 Å². The fourth-order valence-electron chi connectivity index (χ4n) is 1.45. The Morgan fingerprint density at radius 1 is 1.38 bits per heavy atom. The van der Waals surface area contributed by atoms with E-state index < -0.39 is 0 Å². The van der Waals surface area contributed by atoms with Crippen LogP contribution in [0.4, 0.5) is 0 Å². The molecule has 0 fully saturated rings. The lowest BCUT2D eigenvalue weighted by molar-refractivity contribution is 0.507. The van der Waals surface area contributed by atoms with Crippen molar-refractivity contribution in [2.45, 2.75) is 39.7 Å². The molecule has 13 heavy (non-hydrogen) atoms. The van der Waals surface area contributed by atoms with E-state index in [-0.39, 0.29) is 6.04 Å². The van der Waals surface area contributed by atoms with Crippen molar-refractivity contribution in [2.24, 2.45) is 11.7 Å². The quantitative estimate of drug-likeness (QED) is 0.785. The second-order valence-corrected chi connectivity index (χ2v) is 5.13. The Labute approximate surface area is 85.0 Å². The monoisotopic (exact) mass is 197 g/mol. The topological polar surface area (TPSA) is 26.0 Å². The zero-order valence-electron chi connectivity index (χ0n) is 8.71. The van der Waals surface area contributed by atoms with Gasteiger partial charge in [-0.25, -0.2) is 0 Å². The van der Waals surface area contributed by atoms with Gasteiger partial charge in [0.15, 0.2) is 0 Å². The summed E-state index contributed by atoms with van der Waals surface area (Å²) in [6.45, 7) is 6.63. The van der Waals surface area contributed by atoms with Crippen LogP contribution in [0, 0.1) is 12.8 Å². The highest BCUT2D eigenvalue weighted by atomic mass is 32.1. The molecule has 1 atom stereocenters. The highest BCUT2D eigenvalue weighted by Crippen LogP contribution is 2.25. The summed E-state index contributed by atoms with van der Waals surface area (Å²) < 4.78 is 0. The van der Waals surface area contributed by atoms with Crippen LogP contribution in [0.15, 0.2) is 11.4 Å². The molecular formula is C11H19NS. The molecule has 2 heteroatoms. The molecule has 1 aromatic heterocycles. The molecule has 0 aliphatic carbocycles. The first-order chi connectivity index (χ1) is 6.11. The number of hydrogen-bond acceptors (Lipinski definition) is 2. The third-order valence-corrected chi connectivity index (χ3v) is 3.21. The van der Waals surface area contributed by atoms with Crippen molar-refractivity contribution >= 4 is 11.3 Å². The third-order valence-electron chi connectivity index (χ3n) is 2.35. The molecule has 0 radical (unpaired) electrons. The average molecular weight is 197 g/mol. The fourth-order valence-corrected chi connectivity index (χ4v) is 2.22. The molecule has 74 valence electrons. The van der Waals surface area contributed by atoms with Crippen LogP contribution < -0.4 is 5.73 Å². The van der Waals surface area contributed by atoms with E-state index in [2.05, 4.69) is 32.2 Å². The van der Waals surface area contributed by atoms with Gasteiger partial charge in [-0.1, -0.05) is 13.8 Å². The van der Waals surface area contributed by atoms with Crippen molar-refractivity contribution in [3.05, 3.63) is 21.9 Å². The first-order valence-corrected chi connectivity index (χ1v) is 5.78. The van der Waals surface area contributed by atoms with Crippen LogP contribution in [-0.4, -0.2) is 0 Å². The summed E-state index contributed by atoms with van der Waals surface area (Å²) in [5.74, 6) is 0.755. The molecule has 1 unspecified atom stereocenters. The van der Waals surface area contributed by atoms with E-state index in [4.69, 9.17) is 5.73 Å². The summed E-state index contributed by atoms with van der Waals surface area (Å²) in [4.78, 5) is 1.37. The minimum absolute atomic E-state index is 0.244. The van der Waals surface area contributed by atoms with Gasteiger partial charge in [-0.2, -0.15) is 0 Å². The Bertz CT molecular complexity index is 252. The molecule has 2 N–H and O–H groups in total. The second kappa shape index (κ2) is 4.77. The normalized spacial score (nSPS) is 13.6. The Kier molecular flexibility index (Phi) is 3.94. The van der Waals surface area contributed by atoms with Crippen LogP contribution in [0.2, 0.25) is 0 Å². The van der Waals surface area contributed by atoms with Crippen LogP contribution >= 0.6 is 11.3 Å². The van der Waals surface area contributed by atoms with Crippen molar-refractivity contribution < 1.29 is 0 Å². The number of hydrogen-bond donors (Lipinski definition) is 1. The van der Waals surface area contributed by atoms with Crippen LogP contribution in [0.1, 0.15) is 43.2 Å². The first-order valence-electron chi connectivity index (χ1n) is 4.91. The lowest BCUT2D eigenvalue weighted by atomic mass is 9.99. The summed E-state index contributed by atoms with van der Waals surface area (Å²) in [6, 6.07) is 2.40. The van der Waals surface area contributed by atoms with Gasteiger partial charge in [0, 0.05) is 10.9 Å². The molecule has 1 rings (SSSR count). The zero-order chi connectivity index (χ0) is 9.84. The molecule has 1 heterocycles. The average Bonchev–Trinajstić information content (AvgIpc) is 2.47. The Morgan fingerprint density at radius 3 is 2.54 bits per heavy atom. The molecule has 0 aliphatic rings. The molecule has 0 bridgehead atoms. The smallest absolute Gasteiger partial charge is 0.0305 e. The predicted molar refractivity (Wildman–Crippen MR) is 60.1 cm³/mol. The molecule has 0 aliphatic heterocycles. The highest BCUT2D eigenvalue weighted by molar-refractivity contribution is 7.10. The second-order valence-electron chi connectivity index (χ2n) is 4.01. The minimum atomic E-state index is 0.244. The SMILES string of the molecule is Cc1sccc1C(N)CCC(C)C. The van der Waals surface area contributed by atoms with Crippen molar-refractivity contribution in [2.75, 3.05) is 0 Å². The van der Waals surface area contributed by atoms with E-state index in [1.54, 1.807) is 11.3 Å². The molecule has 0 saturated heterocycles. The largest absolute Gasteiger partial charge is 0.324 e. The Morgan fingerprint density at radius 2 is 2.08 bits per heavy atom. The molecule has 0 amide bonds. The van der Waals surface area contributed by atoms with Crippen molar-refractivity contribution in [3.63, 3.8) is 0 Å². The minimum Gasteiger partial charge on any atom is -0.324 e. The number of aryl methyl sites for hydroxylation is 1. The standard InChI is InChI=1S/C11H19NS/c1-8(2)4-5-11(12)10-6-7-13-9(10)3/h6-8,11H,4-5,12H2,1-3H3. The van der Waals surface area contributed by atoms with Gasteiger partial charge in [0.1, 0.15) is 0 Å². The highest BCUT2D eigenvalue weighted by Gasteiger charge is 2.09. The molecule has 0 spiro atoms. The maximum Gasteiger partial charge on any atom is 0.0305 e. The molecule has 0 aromatic carbocycles. The van der Waals surface area contributed by atoms with Gasteiger partial charge in [-0.15, -0.1) is 11.3 Å². The van der Waals surface area contributed by atoms with Gasteiger partial charge in [0.05, 0.1) is 0 Å². The Balaban J connectivity index is 2.49. The summed E-state index contributed by atoms with van der Waals surface area (Å²) in [5.41, 5.74) is 7.43. The maximum absolute atomic E-state index is 6.10. The summed E-state index contributed by atoms with van der Waals surface area (Å²) in [5, 5.41) is 2.12. The Hall–Kier alpha value is -0.340. The van der Waals surface area contributed by atoms with E-state index in [0.29, 0.717) is 0 Å². The lowest BCUT2D eigenvalue weighted by Gasteiger charge is -2.12. The number of thiophene rings is 1. The van der Waals surface area contributed by atoms with Crippen molar-refractivity contribution in [3.8, 4) is 0 Å². The van der Waals surface area contributed by atoms with E-state index in [0.717, 1.165) is 12.3 Å². The third kappa shape index (κ3) is 3.12.